The summed E-state index contributed by atoms with van der Waals surface area (Å²) in [4.78, 5) is 14.7. The van der Waals surface area contributed by atoms with Crippen molar-refractivity contribution in [2.45, 2.75) is 86.2 Å². The summed E-state index contributed by atoms with van der Waals surface area (Å²) in [5, 5.41) is 3.14. The van der Waals surface area contributed by atoms with E-state index in [0.717, 1.165) is 31.2 Å². The van der Waals surface area contributed by atoms with Crippen LogP contribution in [0.3, 0.4) is 0 Å². The van der Waals surface area contributed by atoms with Crippen molar-refractivity contribution in [3.63, 3.8) is 0 Å². The highest BCUT2D eigenvalue weighted by molar-refractivity contribution is 5.93. The Hall–Kier alpha value is -2.81. The van der Waals surface area contributed by atoms with Gasteiger partial charge in [-0.2, -0.15) is 0 Å². The molecular formula is C31H44N2O. The Bertz CT molecular complexity index is 973. The molecule has 0 aliphatic carbocycles. The monoisotopic (exact) mass is 460 g/mol. The van der Waals surface area contributed by atoms with Crippen molar-refractivity contribution in [3.05, 3.63) is 88.1 Å². The van der Waals surface area contributed by atoms with Gasteiger partial charge < -0.3 is 10.2 Å². The summed E-state index contributed by atoms with van der Waals surface area (Å²) in [5.74, 6) is -0.0301. The van der Waals surface area contributed by atoms with Crippen LogP contribution in [0.1, 0.15) is 95.5 Å². The van der Waals surface area contributed by atoms with Crippen molar-refractivity contribution in [2.75, 3.05) is 7.05 Å². The van der Waals surface area contributed by atoms with E-state index in [1.54, 1.807) is 0 Å². The van der Waals surface area contributed by atoms with Crippen molar-refractivity contribution >= 4 is 11.5 Å². The van der Waals surface area contributed by atoms with Crippen LogP contribution in [0.2, 0.25) is 0 Å². The van der Waals surface area contributed by atoms with Crippen molar-refractivity contribution in [2.24, 2.45) is 0 Å². The molecule has 0 saturated heterocycles. The molecule has 0 fully saturated rings. The van der Waals surface area contributed by atoms with Crippen molar-refractivity contribution in [3.8, 4) is 0 Å². The van der Waals surface area contributed by atoms with Gasteiger partial charge in [0.1, 0.15) is 0 Å². The lowest BCUT2D eigenvalue weighted by atomic mass is 9.88. The van der Waals surface area contributed by atoms with Crippen LogP contribution in [-0.2, 0) is 4.79 Å². The van der Waals surface area contributed by atoms with Gasteiger partial charge in [0.05, 0.1) is 6.04 Å². The van der Waals surface area contributed by atoms with E-state index in [1.807, 2.05) is 27.1 Å². The predicted molar refractivity (Wildman–Crippen MR) is 147 cm³/mol. The largest absolute Gasteiger partial charge is 0.378 e. The molecule has 1 unspecified atom stereocenters. The lowest BCUT2D eigenvalue weighted by Crippen LogP contribution is -2.29. The molecule has 184 valence electrons. The van der Waals surface area contributed by atoms with E-state index < -0.39 is 0 Å². The first-order chi connectivity index (χ1) is 16.2. The molecule has 2 rings (SSSR count). The minimum Gasteiger partial charge on any atom is -0.378 e. The van der Waals surface area contributed by atoms with E-state index in [-0.39, 0.29) is 11.9 Å². The van der Waals surface area contributed by atoms with E-state index in [4.69, 9.17) is 0 Å². The Morgan fingerprint density at radius 1 is 0.912 bits per heavy atom. The Labute approximate surface area is 208 Å². The third-order valence-electron chi connectivity index (χ3n) is 6.41. The number of nitrogens with zero attached hydrogens (tertiary/aromatic N) is 1. The third kappa shape index (κ3) is 7.62. The molecule has 1 amide bonds. The summed E-state index contributed by atoms with van der Waals surface area (Å²) in [5.41, 5.74) is 8.52. The van der Waals surface area contributed by atoms with Gasteiger partial charge in [0.2, 0.25) is 5.91 Å². The second kappa shape index (κ2) is 13.2. The van der Waals surface area contributed by atoms with Crippen LogP contribution in [0.15, 0.2) is 65.9 Å². The first-order valence-electron chi connectivity index (χ1n) is 12.8. The lowest BCUT2D eigenvalue weighted by molar-refractivity contribution is -0.118. The first kappa shape index (κ1) is 27.4. The second-order valence-electron chi connectivity index (χ2n) is 9.73. The molecule has 1 N–H and O–H groups in total. The summed E-state index contributed by atoms with van der Waals surface area (Å²) < 4.78 is 0. The molecule has 3 heteroatoms. The van der Waals surface area contributed by atoms with E-state index in [1.165, 1.54) is 27.8 Å². The molecule has 0 spiro atoms. The highest BCUT2D eigenvalue weighted by atomic mass is 16.1. The van der Waals surface area contributed by atoms with E-state index >= 15 is 0 Å². The van der Waals surface area contributed by atoms with Crippen LogP contribution in [0.4, 0.5) is 0 Å². The van der Waals surface area contributed by atoms with Crippen molar-refractivity contribution < 1.29 is 4.79 Å². The standard InChI is InChI=1S/C31H44N2O/c1-9-11-27(12-10-2)30(28-15-13-23(5)14-16-28)29-19-17-26(18-20-29)25(7)32-31(34)24(6)21-33(8)22(3)4/h13-22,25H,9-12H2,1-8H3,(H,32,34)/b24-21+. The average Bonchev–Trinajstić information content (AvgIpc) is 2.81. The Morgan fingerprint density at radius 3 is 1.88 bits per heavy atom. The fourth-order valence-corrected chi connectivity index (χ4v) is 4.12. The highest BCUT2D eigenvalue weighted by Gasteiger charge is 2.15. The maximum Gasteiger partial charge on any atom is 0.248 e. The minimum absolute atomic E-state index is 0.0301. The van der Waals surface area contributed by atoms with Gasteiger partial charge in [-0.3, -0.25) is 4.79 Å². The maximum atomic E-state index is 12.7. The van der Waals surface area contributed by atoms with Crippen LogP contribution in [0.5, 0.6) is 0 Å². The van der Waals surface area contributed by atoms with Gasteiger partial charge >= 0.3 is 0 Å². The lowest BCUT2D eigenvalue weighted by Gasteiger charge is -2.21. The molecule has 0 radical (unpaired) electrons. The number of amides is 1. The minimum atomic E-state index is -0.0631. The molecule has 2 aromatic rings. The summed E-state index contributed by atoms with van der Waals surface area (Å²) in [7, 11) is 1.99. The van der Waals surface area contributed by atoms with Gasteiger partial charge in [-0.1, -0.05) is 86.4 Å². The predicted octanol–water partition coefficient (Wildman–Crippen LogP) is 7.82. The number of hydrogen-bond acceptors (Lipinski definition) is 2. The van der Waals surface area contributed by atoms with Gasteiger partial charge in [0.25, 0.3) is 0 Å². The molecule has 0 aromatic heterocycles. The first-order valence-corrected chi connectivity index (χ1v) is 12.8. The van der Waals surface area contributed by atoms with E-state index in [9.17, 15) is 4.79 Å². The Balaban J connectivity index is 2.31. The van der Waals surface area contributed by atoms with Crippen LogP contribution >= 0.6 is 0 Å². The summed E-state index contributed by atoms with van der Waals surface area (Å²) in [6.07, 6.45) is 6.43. The topological polar surface area (TPSA) is 32.3 Å². The van der Waals surface area contributed by atoms with Gasteiger partial charge in [-0.25, -0.2) is 0 Å². The molecule has 0 saturated carbocycles. The summed E-state index contributed by atoms with van der Waals surface area (Å²) in [6, 6.07) is 17.9. The van der Waals surface area contributed by atoms with Crippen molar-refractivity contribution in [1.82, 2.24) is 10.2 Å². The van der Waals surface area contributed by atoms with Gasteiger partial charge in [0.15, 0.2) is 0 Å². The molecule has 34 heavy (non-hydrogen) atoms. The van der Waals surface area contributed by atoms with Crippen LogP contribution in [-0.4, -0.2) is 23.9 Å². The number of hydrogen-bond donors (Lipinski definition) is 1. The van der Waals surface area contributed by atoms with E-state index in [0.29, 0.717) is 11.6 Å². The molecule has 1 atom stereocenters. The summed E-state index contributed by atoms with van der Waals surface area (Å²) in [6.45, 7) is 14.8. The smallest absolute Gasteiger partial charge is 0.248 e. The third-order valence-corrected chi connectivity index (χ3v) is 6.41. The molecule has 2 aromatic carbocycles. The van der Waals surface area contributed by atoms with Gasteiger partial charge in [0, 0.05) is 24.9 Å². The quantitative estimate of drug-likeness (QED) is 0.347. The fraction of sp³-hybridized carbons (Fsp3) is 0.452. The van der Waals surface area contributed by atoms with Crippen LogP contribution < -0.4 is 5.32 Å². The molecular weight excluding hydrogens is 416 g/mol. The number of carbonyl (C=O) groups is 1. The molecule has 0 aliphatic rings. The van der Waals surface area contributed by atoms with Crippen LogP contribution in [0, 0.1) is 6.92 Å². The number of rotatable bonds is 11. The maximum absolute atomic E-state index is 12.7. The number of aryl methyl sites for hydroxylation is 1. The van der Waals surface area contributed by atoms with Crippen LogP contribution in [0.25, 0.3) is 5.57 Å². The highest BCUT2D eigenvalue weighted by Crippen LogP contribution is 2.32. The number of benzene rings is 2. The summed E-state index contributed by atoms with van der Waals surface area (Å²) >= 11 is 0. The van der Waals surface area contributed by atoms with E-state index in [2.05, 4.69) is 93.4 Å². The van der Waals surface area contributed by atoms with Gasteiger partial charge in [-0.05, 0) is 69.7 Å². The Morgan fingerprint density at radius 2 is 1.41 bits per heavy atom. The van der Waals surface area contributed by atoms with Gasteiger partial charge in [-0.15, -0.1) is 0 Å². The number of allylic oxidation sites excluding steroid dienone is 1. The normalized spacial score (nSPS) is 12.4. The van der Waals surface area contributed by atoms with Crippen molar-refractivity contribution in [1.29, 1.82) is 0 Å². The second-order valence-corrected chi connectivity index (χ2v) is 9.73. The Kier molecular flexibility index (Phi) is 10.6. The average molecular weight is 461 g/mol. The zero-order valence-electron chi connectivity index (χ0n) is 22.5. The SMILES string of the molecule is CCCC(CCC)=C(c1ccc(C)cc1)c1ccc(C(C)NC(=O)/C(C)=C/N(C)C(C)C)cc1. The zero-order valence-corrected chi connectivity index (χ0v) is 22.5. The number of nitrogens with one attached hydrogen (secondary N) is 1. The molecule has 3 nitrogen and oxygen atoms in total. The number of carbonyl (C=O) groups excluding carboxylic acids is 1. The molecule has 0 bridgehead atoms. The molecule has 0 heterocycles. The molecule has 0 aliphatic heterocycles. The zero-order chi connectivity index (χ0) is 25.3. The fourth-order valence-electron chi connectivity index (χ4n) is 4.12.